The first-order chi connectivity index (χ1) is 14.5. The zero-order valence-corrected chi connectivity index (χ0v) is 17.4. The summed E-state index contributed by atoms with van der Waals surface area (Å²) in [7, 11) is 1.79. The van der Waals surface area contributed by atoms with Crippen molar-refractivity contribution in [3.8, 4) is 17.0 Å². The lowest BCUT2D eigenvalue weighted by Gasteiger charge is -2.36. The van der Waals surface area contributed by atoms with Gasteiger partial charge in [-0.1, -0.05) is 0 Å². The predicted molar refractivity (Wildman–Crippen MR) is 114 cm³/mol. The van der Waals surface area contributed by atoms with Crippen LogP contribution in [0.3, 0.4) is 0 Å². The van der Waals surface area contributed by atoms with E-state index in [1.165, 1.54) is 6.92 Å². The van der Waals surface area contributed by atoms with E-state index in [-0.39, 0.29) is 40.8 Å². The third kappa shape index (κ3) is 5.15. The van der Waals surface area contributed by atoms with Crippen molar-refractivity contribution in [2.45, 2.75) is 50.5 Å². The van der Waals surface area contributed by atoms with Crippen LogP contribution in [0.2, 0.25) is 0 Å². The van der Waals surface area contributed by atoms with Crippen molar-refractivity contribution in [2.24, 2.45) is 16.6 Å². The second kappa shape index (κ2) is 8.81. The normalized spacial score (nSPS) is 22.4. The minimum absolute atomic E-state index is 0.00659. The molecule has 7 N–H and O–H groups in total. The lowest BCUT2D eigenvalue weighted by Crippen LogP contribution is -2.53. The molecule has 31 heavy (non-hydrogen) atoms. The fourth-order valence-corrected chi connectivity index (χ4v) is 3.94. The molecule has 168 valence electrons. The van der Waals surface area contributed by atoms with Gasteiger partial charge in [0.1, 0.15) is 11.6 Å². The van der Waals surface area contributed by atoms with Crippen LogP contribution in [-0.4, -0.2) is 46.5 Å². The molecule has 0 spiro atoms. The third-order valence-corrected chi connectivity index (χ3v) is 5.64. The number of nitrogens with two attached hydrogens (primary N) is 3. The zero-order valence-electron chi connectivity index (χ0n) is 17.4. The molecule has 3 atom stereocenters. The number of hydrazine groups is 1. The van der Waals surface area contributed by atoms with E-state index in [1.54, 1.807) is 30.4 Å². The van der Waals surface area contributed by atoms with Crippen LogP contribution in [-0.2, 0) is 6.18 Å². The summed E-state index contributed by atoms with van der Waals surface area (Å²) < 4.78 is 38.8. The third-order valence-electron chi connectivity index (χ3n) is 5.64. The van der Waals surface area contributed by atoms with E-state index in [1.807, 2.05) is 0 Å². The number of likely N-dealkylation sites (N-methyl/N-ethyl adjacent to an activating group) is 1. The molecule has 1 aromatic carbocycles. The van der Waals surface area contributed by atoms with Crippen molar-refractivity contribution < 1.29 is 18.3 Å². The number of alkyl halides is 3. The van der Waals surface area contributed by atoms with Crippen molar-refractivity contribution in [3.63, 3.8) is 0 Å². The summed E-state index contributed by atoms with van der Waals surface area (Å²) in [5, 5.41) is 11.8. The number of nitrogen functional groups attached to an aromatic ring is 1. The highest BCUT2D eigenvalue weighted by molar-refractivity contribution is 5.87. The average Bonchev–Trinajstić information content (AvgIpc) is 2.67. The van der Waals surface area contributed by atoms with Crippen molar-refractivity contribution in [1.82, 2.24) is 9.99 Å². The van der Waals surface area contributed by atoms with E-state index in [9.17, 15) is 18.3 Å². The van der Waals surface area contributed by atoms with Crippen LogP contribution in [0.4, 0.5) is 19.0 Å². The summed E-state index contributed by atoms with van der Waals surface area (Å²) in [6, 6.07) is 5.04. The number of nitrogens with zero attached hydrogens (tertiary/aromatic N) is 3. The molecule has 3 rings (SSSR count). The summed E-state index contributed by atoms with van der Waals surface area (Å²) in [6.45, 7) is 1.48. The Morgan fingerprint density at radius 2 is 1.97 bits per heavy atom. The fraction of sp³-hybridized carbons (Fsp3) is 0.429. The summed E-state index contributed by atoms with van der Waals surface area (Å²) in [5.41, 5.74) is 12.6. The molecule has 1 saturated carbocycles. The largest absolute Gasteiger partial charge is 0.507 e. The number of phenolic OH excluding ortho intramolecular Hbond substituents is 1. The number of aliphatic imine (C=N–C) groups is 1. The molecule has 7 nitrogen and oxygen atoms in total. The monoisotopic (exact) mass is 436 g/mol. The first-order valence-corrected chi connectivity index (χ1v) is 9.91. The number of phenols is 1. The van der Waals surface area contributed by atoms with Crippen LogP contribution in [0.15, 0.2) is 29.3 Å². The van der Waals surface area contributed by atoms with Gasteiger partial charge in [0.05, 0.1) is 17.3 Å². The van der Waals surface area contributed by atoms with Crippen molar-refractivity contribution in [1.29, 1.82) is 0 Å². The number of aromatic nitrogens is 1. The molecule has 1 fully saturated rings. The number of aromatic hydroxyl groups is 1. The lowest BCUT2D eigenvalue weighted by molar-refractivity contribution is -0.137. The Labute approximate surface area is 178 Å². The first-order valence-electron chi connectivity index (χ1n) is 9.91. The van der Waals surface area contributed by atoms with Gasteiger partial charge in [-0.15, -0.1) is 0 Å². The van der Waals surface area contributed by atoms with Gasteiger partial charge in [-0.2, -0.15) is 13.2 Å². The second-order valence-electron chi connectivity index (χ2n) is 8.00. The van der Waals surface area contributed by atoms with Crippen LogP contribution in [0.1, 0.15) is 36.0 Å². The van der Waals surface area contributed by atoms with Crippen LogP contribution in [0.25, 0.3) is 11.3 Å². The Bertz CT molecular complexity index is 953. The van der Waals surface area contributed by atoms with E-state index in [0.717, 1.165) is 25.3 Å². The number of halogens is 3. The van der Waals surface area contributed by atoms with Crippen LogP contribution in [0.5, 0.6) is 5.75 Å². The van der Waals surface area contributed by atoms with E-state index < -0.39 is 17.5 Å². The van der Waals surface area contributed by atoms with Crippen molar-refractivity contribution in [2.75, 3.05) is 12.8 Å². The maximum Gasteiger partial charge on any atom is 0.416 e. The van der Waals surface area contributed by atoms with E-state index in [2.05, 4.69) is 9.98 Å². The Kier molecular flexibility index (Phi) is 6.54. The molecule has 0 saturated heterocycles. The number of pyridine rings is 1. The summed E-state index contributed by atoms with van der Waals surface area (Å²) in [6.07, 6.45) is -0.525. The predicted octanol–water partition coefficient (Wildman–Crippen LogP) is 2.84. The van der Waals surface area contributed by atoms with Crippen LogP contribution >= 0.6 is 0 Å². The molecule has 3 unspecified atom stereocenters. The summed E-state index contributed by atoms with van der Waals surface area (Å²) in [4.78, 5) is 8.87. The van der Waals surface area contributed by atoms with Crippen LogP contribution < -0.4 is 17.3 Å². The van der Waals surface area contributed by atoms with Crippen molar-refractivity contribution in [3.05, 3.63) is 41.0 Å². The highest BCUT2D eigenvalue weighted by Crippen LogP contribution is 2.38. The van der Waals surface area contributed by atoms with Crippen molar-refractivity contribution >= 4 is 12.0 Å². The first kappa shape index (κ1) is 23.0. The minimum atomic E-state index is -4.55. The topological polar surface area (TPSA) is 127 Å². The Morgan fingerprint density at radius 1 is 1.26 bits per heavy atom. The number of anilines is 1. The van der Waals surface area contributed by atoms with Gasteiger partial charge in [0.15, 0.2) is 0 Å². The fourth-order valence-electron chi connectivity index (χ4n) is 3.94. The Morgan fingerprint density at radius 3 is 2.55 bits per heavy atom. The van der Waals surface area contributed by atoms with Gasteiger partial charge in [-0.3, -0.25) is 10.8 Å². The molecular formula is C21H27F3N6O. The quantitative estimate of drug-likeness (QED) is 0.332. The zero-order chi connectivity index (χ0) is 22.9. The maximum atomic E-state index is 12.9. The van der Waals surface area contributed by atoms with Gasteiger partial charge >= 0.3 is 6.18 Å². The van der Waals surface area contributed by atoms with Gasteiger partial charge in [-0.25, -0.2) is 9.99 Å². The number of aryl methyl sites for hydroxylation is 1. The molecule has 2 aromatic rings. The van der Waals surface area contributed by atoms with Gasteiger partial charge in [0.25, 0.3) is 0 Å². The Hall–Kier alpha value is -2.69. The molecule has 1 heterocycles. The highest BCUT2D eigenvalue weighted by atomic mass is 19.4. The van der Waals surface area contributed by atoms with E-state index in [4.69, 9.17) is 17.3 Å². The molecule has 1 aliphatic rings. The highest BCUT2D eigenvalue weighted by Gasteiger charge is 2.32. The lowest BCUT2D eigenvalue weighted by atomic mass is 9.87. The van der Waals surface area contributed by atoms with Gasteiger partial charge in [0.2, 0.25) is 0 Å². The average molecular weight is 436 g/mol. The number of rotatable bonds is 4. The number of hydrogen-bond acceptors (Lipinski definition) is 7. The van der Waals surface area contributed by atoms with Gasteiger partial charge in [0, 0.05) is 36.5 Å². The number of benzene rings is 1. The molecule has 10 heteroatoms. The van der Waals surface area contributed by atoms with E-state index >= 15 is 0 Å². The van der Waals surface area contributed by atoms with Gasteiger partial charge < -0.3 is 16.6 Å². The molecule has 0 radical (unpaired) electrons. The molecule has 0 aliphatic heterocycles. The summed E-state index contributed by atoms with van der Waals surface area (Å²) >= 11 is 0. The SMILES string of the molecule is Cc1cc(C(F)(F)F)cc(O)c1-c1ccc(C=NC2CCC(N)C(N(C)N)C2)c(N)n1. The number of hydrogen-bond donors (Lipinski definition) is 4. The molecular weight excluding hydrogens is 409 g/mol. The maximum absolute atomic E-state index is 12.9. The van der Waals surface area contributed by atoms with Gasteiger partial charge in [-0.05, 0) is 56.0 Å². The molecule has 0 amide bonds. The van der Waals surface area contributed by atoms with E-state index in [0.29, 0.717) is 11.6 Å². The second-order valence-corrected chi connectivity index (χ2v) is 8.00. The smallest absolute Gasteiger partial charge is 0.416 e. The van der Waals surface area contributed by atoms with Crippen LogP contribution in [0, 0.1) is 6.92 Å². The molecule has 1 aliphatic carbocycles. The molecule has 1 aromatic heterocycles. The Balaban J connectivity index is 1.82. The standard InChI is InChI=1S/C21H27F3N6O/c1-11-7-13(21(22,23)24)8-18(31)19(11)16-6-3-12(20(26)29-16)10-28-14-4-5-15(25)17(9-14)30(2)27/h3,6-8,10,14-15,17,31H,4-5,9,25,27H2,1-2H3,(H2,26,29). The minimum Gasteiger partial charge on any atom is -0.507 e. The summed E-state index contributed by atoms with van der Waals surface area (Å²) in [5.74, 6) is 5.53. The molecule has 0 bridgehead atoms.